The Morgan fingerprint density at radius 3 is 2.86 bits per heavy atom. The van der Waals surface area contributed by atoms with Gasteiger partial charge in [0.15, 0.2) is 0 Å². The number of benzene rings is 1. The molecular weight excluding hydrogens is 262 g/mol. The maximum atomic E-state index is 11.9. The molecule has 0 bridgehead atoms. The second-order valence-corrected chi connectivity index (χ2v) is 5.87. The Morgan fingerprint density at radius 1 is 1.24 bits per heavy atom. The van der Waals surface area contributed by atoms with E-state index >= 15 is 0 Å². The van der Waals surface area contributed by atoms with Crippen LogP contribution in [0.5, 0.6) is 0 Å². The van der Waals surface area contributed by atoms with Gasteiger partial charge in [0, 0.05) is 17.5 Å². The number of amides is 1. The minimum absolute atomic E-state index is 0.0291. The van der Waals surface area contributed by atoms with Crippen LogP contribution in [0.3, 0.4) is 0 Å². The molecule has 1 aromatic heterocycles. The first-order valence-electron chi connectivity index (χ1n) is 7.69. The lowest BCUT2D eigenvalue weighted by Crippen LogP contribution is -2.34. The molecule has 2 aromatic rings. The Balaban J connectivity index is 1.64. The van der Waals surface area contributed by atoms with Crippen LogP contribution in [0.2, 0.25) is 0 Å². The fourth-order valence-corrected chi connectivity index (χ4v) is 2.90. The first kappa shape index (κ1) is 13.9. The van der Waals surface area contributed by atoms with E-state index < -0.39 is 0 Å². The summed E-state index contributed by atoms with van der Waals surface area (Å²) in [6.07, 6.45) is 9.25. The van der Waals surface area contributed by atoms with Crippen LogP contribution in [0.15, 0.2) is 34.8 Å². The van der Waals surface area contributed by atoms with Gasteiger partial charge in [0.2, 0.25) is 5.91 Å². The number of hydrogen-bond acceptors (Lipinski definition) is 2. The van der Waals surface area contributed by atoms with Gasteiger partial charge in [0.1, 0.15) is 11.3 Å². The standard InChI is InChI=1S/C18H21NO2/c1-13-7-8-14-12-16(21-17(14)11-13)9-10-18(20)19-15-5-3-2-4-6-15/h7-12,15H,2-6H2,1H3,(H,19,20). The summed E-state index contributed by atoms with van der Waals surface area (Å²) in [6, 6.07) is 8.40. The maximum absolute atomic E-state index is 11.9. The molecule has 0 saturated heterocycles. The minimum Gasteiger partial charge on any atom is -0.457 e. The van der Waals surface area contributed by atoms with E-state index in [1.807, 2.05) is 25.1 Å². The van der Waals surface area contributed by atoms with Crippen molar-refractivity contribution in [2.24, 2.45) is 0 Å². The molecule has 3 heteroatoms. The van der Waals surface area contributed by atoms with E-state index in [1.54, 1.807) is 12.2 Å². The molecule has 110 valence electrons. The van der Waals surface area contributed by atoms with E-state index in [2.05, 4.69) is 11.4 Å². The fourth-order valence-electron chi connectivity index (χ4n) is 2.90. The number of furan rings is 1. The number of carbonyl (C=O) groups is 1. The average Bonchev–Trinajstić information content (AvgIpc) is 2.88. The van der Waals surface area contributed by atoms with Crippen molar-refractivity contribution < 1.29 is 9.21 Å². The van der Waals surface area contributed by atoms with Gasteiger partial charge in [0.05, 0.1) is 0 Å². The van der Waals surface area contributed by atoms with Crippen molar-refractivity contribution in [3.8, 4) is 0 Å². The van der Waals surface area contributed by atoms with Crippen LogP contribution in [0.25, 0.3) is 17.0 Å². The Labute approximate surface area is 125 Å². The highest BCUT2D eigenvalue weighted by Crippen LogP contribution is 2.21. The molecule has 1 amide bonds. The first-order chi connectivity index (χ1) is 10.2. The van der Waals surface area contributed by atoms with Crippen molar-refractivity contribution in [3.63, 3.8) is 0 Å². The lowest BCUT2D eigenvalue weighted by atomic mass is 9.95. The second-order valence-electron chi connectivity index (χ2n) is 5.87. The lowest BCUT2D eigenvalue weighted by molar-refractivity contribution is -0.117. The summed E-state index contributed by atoms with van der Waals surface area (Å²) in [5.41, 5.74) is 2.03. The lowest BCUT2D eigenvalue weighted by Gasteiger charge is -2.21. The molecule has 1 fully saturated rings. The molecule has 21 heavy (non-hydrogen) atoms. The Morgan fingerprint density at radius 2 is 2.05 bits per heavy atom. The summed E-state index contributed by atoms with van der Waals surface area (Å²) in [5.74, 6) is 0.688. The first-order valence-corrected chi connectivity index (χ1v) is 7.69. The van der Waals surface area contributed by atoms with Crippen LogP contribution in [0, 0.1) is 6.92 Å². The van der Waals surface area contributed by atoms with Crippen molar-refractivity contribution in [1.29, 1.82) is 0 Å². The molecule has 1 saturated carbocycles. The Kier molecular flexibility index (Phi) is 4.09. The fraction of sp³-hybridized carbons (Fsp3) is 0.389. The third kappa shape index (κ3) is 3.54. The maximum Gasteiger partial charge on any atom is 0.244 e. The number of carbonyl (C=O) groups excluding carboxylic acids is 1. The van der Waals surface area contributed by atoms with Crippen molar-refractivity contribution >= 4 is 23.0 Å². The van der Waals surface area contributed by atoms with Gasteiger partial charge in [-0.3, -0.25) is 4.79 Å². The third-order valence-corrected chi connectivity index (χ3v) is 4.05. The molecule has 0 spiro atoms. The molecule has 3 rings (SSSR count). The zero-order chi connectivity index (χ0) is 14.7. The van der Waals surface area contributed by atoms with E-state index in [4.69, 9.17) is 4.42 Å². The number of fused-ring (bicyclic) bond motifs is 1. The van der Waals surface area contributed by atoms with E-state index in [1.165, 1.54) is 24.8 Å². The SMILES string of the molecule is Cc1ccc2cc(C=CC(=O)NC3CCCCC3)oc2c1. The van der Waals surface area contributed by atoms with E-state index in [0.717, 1.165) is 29.6 Å². The third-order valence-electron chi connectivity index (χ3n) is 4.05. The molecule has 1 aliphatic carbocycles. The number of aryl methyl sites for hydroxylation is 1. The molecule has 1 heterocycles. The van der Waals surface area contributed by atoms with E-state index in [0.29, 0.717) is 6.04 Å². The van der Waals surface area contributed by atoms with Crippen LogP contribution in [-0.4, -0.2) is 11.9 Å². The van der Waals surface area contributed by atoms with Gasteiger partial charge < -0.3 is 9.73 Å². The van der Waals surface area contributed by atoms with Gasteiger partial charge in [0.25, 0.3) is 0 Å². The van der Waals surface area contributed by atoms with Crippen LogP contribution < -0.4 is 5.32 Å². The smallest absolute Gasteiger partial charge is 0.244 e. The van der Waals surface area contributed by atoms with E-state index in [9.17, 15) is 4.79 Å². The van der Waals surface area contributed by atoms with Crippen molar-refractivity contribution in [2.45, 2.75) is 45.1 Å². The number of rotatable bonds is 3. The monoisotopic (exact) mass is 283 g/mol. The molecular formula is C18H21NO2. The Hall–Kier alpha value is -2.03. The predicted octanol–water partition coefficient (Wildman–Crippen LogP) is 4.20. The molecule has 0 unspecified atom stereocenters. The summed E-state index contributed by atoms with van der Waals surface area (Å²) in [7, 11) is 0. The summed E-state index contributed by atoms with van der Waals surface area (Å²) < 4.78 is 5.72. The second kappa shape index (κ2) is 6.17. The quantitative estimate of drug-likeness (QED) is 0.858. The van der Waals surface area contributed by atoms with Crippen LogP contribution >= 0.6 is 0 Å². The van der Waals surface area contributed by atoms with Gasteiger partial charge in [-0.15, -0.1) is 0 Å². The van der Waals surface area contributed by atoms with Gasteiger partial charge in [-0.25, -0.2) is 0 Å². The number of nitrogens with one attached hydrogen (secondary N) is 1. The highest BCUT2D eigenvalue weighted by Gasteiger charge is 2.14. The summed E-state index contributed by atoms with van der Waals surface area (Å²) in [4.78, 5) is 11.9. The topological polar surface area (TPSA) is 42.2 Å². The zero-order valence-electron chi connectivity index (χ0n) is 12.4. The Bertz CT molecular complexity index is 663. The molecule has 0 radical (unpaired) electrons. The molecule has 3 nitrogen and oxygen atoms in total. The summed E-state index contributed by atoms with van der Waals surface area (Å²) >= 11 is 0. The highest BCUT2D eigenvalue weighted by molar-refractivity contribution is 5.92. The average molecular weight is 283 g/mol. The van der Waals surface area contributed by atoms with Crippen molar-refractivity contribution in [2.75, 3.05) is 0 Å². The molecule has 0 aliphatic heterocycles. The van der Waals surface area contributed by atoms with Gasteiger partial charge in [-0.05, 0) is 43.5 Å². The van der Waals surface area contributed by atoms with Crippen molar-refractivity contribution in [1.82, 2.24) is 5.32 Å². The minimum atomic E-state index is -0.0291. The van der Waals surface area contributed by atoms with Gasteiger partial charge in [-0.1, -0.05) is 31.4 Å². The summed E-state index contributed by atoms with van der Waals surface area (Å²) in [6.45, 7) is 2.04. The predicted molar refractivity (Wildman–Crippen MR) is 85.0 cm³/mol. The largest absolute Gasteiger partial charge is 0.457 e. The highest BCUT2D eigenvalue weighted by atomic mass is 16.3. The molecule has 1 aromatic carbocycles. The van der Waals surface area contributed by atoms with E-state index in [-0.39, 0.29) is 5.91 Å². The zero-order valence-corrected chi connectivity index (χ0v) is 12.4. The van der Waals surface area contributed by atoms with Crippen LogP contribution in [0.4, 0.5) is 0 Å². The van der Waals surface area contributed by atoms with Crippen LogP contribution in [0.1, 0.15) is 43.4 Å². The molecule has 1 aliphatic rings. The van der Waals surface area contributed by atoms with Crippen LogP contribution in [-0.2, 0) is 4.79 Å². The summed E-state index contributed by atoms with van der Waals surface area (Å²) in [5, 5.41) is 4.13. The molecule has 0 atom stereocenters. The molecule has 1 N–H and O–H groups in total. The number of hydrogen-bond donors (Lipinski definition) is 1. The van der Waals surface area contributed by atoms with Crippen molar-refractivity contribution in [3.05, 3.63) is 41.7 Å². The van der Waals surface area contributed by atoms with Gasteiger partial charge >= 0.3 is 0 Å². The van der Waals surface area contributed by atoms with Gasteiger partial charge in [-0.2, -0.15) is 0 Å². The normalized spacial score (nSPS) is 16.6.